The van der Waals surface area contributed by atoms with Gasteiger partial charge in [-0.25, -0.2) is 13.1 Å². The maximum absolute atomic E-state index is 12.1. The zero-order chi connectivity index (χ0) is 16.0. The highest BCUT2D eigenvalue weighted by Crippen LogP contribution is 2.21. The Bertz CT molecular complexity index is 587. The minimum absolute atomic E-state index is 0.0162. The van der Waals surface area contributed by atoms with Crippen LogP contribution in [0.15, 0.2) is 29.2 Å². The molecule has 1 rings (SSSR count). The van der Waals surface area contributed by atoms with Gasteiger partial charge in [0.05, 0.1) is 11.7 Å². The number of carbonyl (C=O) groups is 1. The number of benzene rings is 1. The smallest absolute Gasteiger partial charge is 0.242 e. The third kappa shape index (κ3) is 4.52. The second-order valence-electron chi connectivity index (χ2n) is 4.90. The van der Waals surface area contributed by atoms with Crippen LogP contribution in [-0.4, -0.2) is 26.9 Å². The molecule has 2 atom stereocenters. The minimum atomic E-state index is -3.64. The van der Waals surface area contributed by atoms with Gasteiger partial charge in [-0.3, -0.25) is 4.79 Å². The van der Waals surface area contributed by atoms with Crippen LogP contribution in [0.25, 0.3) is 0 Å². The Morgan fingerprint density at radius 3 is 2.48 bits per heavy atom. The second kappa shape index (κ2) is 7.53. The van der Waals surface area contributed by atoms with Crippen molar-refractivity contribution >= 4 is 21.6 Å². The van der Waals surface area contributed by atoms with E-state index in [2.05, 4.69) is 10.0 Å². The molecule has 1 amide bonds. The summed E-state index contributed by atoms with van der Waals surface area (Å²) in [4.78, 5) is 12.1. The lowest BCUT2D eigenvalue weighted by molar-refractivity contribution is -0.118. The number of hydrogen-bond donors (Lipinski definition) is 3. The van der Waals surface area contributed by atoms with Crippen LogP contribution in [0.2, 0.25) is 0 Å². The summed E-state index contributed by atoms with van der Waals surface area (Å²) in [7, 11) is -3.64. The lowest BCUT2D eigenvalue weighted by Crippen LogP contribution is -2.41. The zero-order valence-corrected chi connectivity index (χ0v) is 13.4. The van der Waals surface area contributed by atoms with Gasteiger partial charge < -0.3 is 11.1 Å². The Labute approximate surface area is 126 Å². The Morgan fingerprint density at radius 2 is 1.90 bits per heavy atom. The summed E-state index contributed by atoms with van der Waals surface area (Å²) < 4.78 is 26.6. The topological polar surface area (TPSA) is 101 Å². The lowest BCUT2D eigenvalue weighted by atomic mass is 9.99. The van der Waals surface area contributed by atoms with E-state index >= 15 is 0 Å². The molecule has 6 nitrogen and oxygen atoms in total. The van der Waals surface area contributed by atoms with Gasteiger partial charge >= 0.3 is 0 Å². The molecule has 0 aliphatic carbocycles. The molecule has 0 bridgehead atoms. The van der Waals surface area contributed by atoms with Crippen LogP contribution in [0.4, 0.5) is 5.69 Å². The maximum Gasteiger partial charge on any atom is 0.242 e. The molecule has 0 fully saturated rings. The van der Waals surface area contributed by atoms with Crippen LogP contribution in [0, 0.1) is 5.92 Å². The van der Waals surface area contributed by atoms with E-state index in [9.17, 15) is 13.2 Å². The average molecular weight is 313 g/mol. The Morgan fingerprint density at radius 1 is 1.29 bits per heavy atom. The van der Waals surface area contributed by atoms with Crippen molar-refractivity contribution in [3.05, 3.63) is 24.3 Å². The molecule has 1 unspecified atom stereocenters. The summed E-state index contributed by atoms with van der Waals surface area (Å²) in [6, 6.07) is 5.59. The maximum atomic E-state index is 12.1. The molecular weight excluding hydrogens is 290 g/mol. The lowest BCUT2D eigenvalue weighted by Gasteiger charge is -2.19. The van der Waals surface area contributed by atoms with Crippen molar-refractivity contribution < 1.29 is 13.2 Å². The van der Waals surface area contributed by atoms with Crippen molar-refractivity contribution in [2.45, 2.75) is 38.1 Å². The Balaban J connectivity index is 3.03. The van der Waals surface area contributed by atoms with Crippen molar-refractivity contribution in [1.29, 1.82) is 0 Å². The van der Waals surface area contributed by atoms with Gasteiger partial charge in [0.25, 0.3) is 0 Å². The van der Waals surface area contributed by atoms with E-state index < -0.39 is 16.1 Å². The highest BCUT2D eigenvalue weighted by atomic mass is 32.2. The minimum Gasteiger partial charge on any atom is -0.324 e. The van der Waals surface area contributed by atoms with Crippen molar-refractivity contribution in [1.82, 2.24) is 4.72 Å². The van der Waals surface area contributed by atoms with E-state index in [1.54, 1.807) is 25.1 Å². The first-order chi connectivity index (χ1) is 9.83. The molecule has 1 aromatic carbocycles. The Kier molecular flexibility index (Phi) is 6.32. The van der Waals surface area contributed by atoms with Gasteiger partial charge in [-0.15, -0.1) is 0 Å². The molecule has 1 aromatic rings. The molecule has 0 aliphatic heterocycles. The van der Waals surface area contributed by atoms with Crippen LogP contribution in [0.3, 0.4) is 0 Å². The number of para-hydroxylation sites is 1. The fourth-order valence-electron chi connectivity index (χ4n) is 1.80. The molecule has 21 heavy (non-hydrogen) atoms. The molecule has 0 spiro atoms. The van der Waals surface area contributed by atoms with Gasteiger partial charge in [-0.2, -0.15) is 0 Å². The van der Waals surface area contributed by atoms with E-state index in [0.717, 1.165) is 6.42 Å². The van der Waals surface area contributed by atoms with Crippen molar-refractivity contribution in [2.24, 2.45) is 11.7 Å². The summed E-state index contributed by atoms with van der Waals surface area (Å²) in [6.07, 6.45) is 0.770. The molecule has 0 radical (unpaired) electrons. The van der Waals surface area contributed by atoms with E-state index in [0.29, 0.717) is 0 Å². The number of amides is 1. The predicted octanol–water partition coefficient (Wildman–Crippen LogP) is 1.30. The van der Waals surface area contributed by atoms with Gasteiger partial charge in [0.2, 0.25) is 15.9 Å². The van der Waals surface area contributed by atoms with Crippen LogP contribution in [-0.2, 0) is 14.8 Å². The van der Waals surface area contributed by atoms with E-state index in [1.807, 2.05) is 13.8 Å². The summed E-state index contributed by atoms with van der Waals surface area (Å²) in [5.74, 6) is -0.369. The van der Waals surface area contributed by atoms with E-state index in [4.69, 9.17) is 5.73 Å². The van der Waals surface area contributed by atoms with Crippen molar-refractivity contribution in [3.63, 3.8) is 0 Å². The highest BCUT2D eigenvalue weighted by molar-refractivity contribution is 7.89. The normalized spacial score (nSPS) is 14.5. The van der Waals surface area contributed by atoms with Crippen LogP contribution >= 0.6 is 0 Å². The molecule has 0 saturated carbocycles. The standard InChI is InChI=1S/C14H23N3O3S/c1-4-10(3)13(15)14(18)17-11-8-6-7-9-12(11)21(19,20)16-5-2/h6-10,13,16H,4-5,15H2,1-3H3,(H,17,18)/t10?,13-/m0/s1. The molecule has 7 heteroatoms. The average Bonchev–Trinajstić information content (AvgIpc) is 2.45. The number of sulfonamides is 1. The van der Waals surface area contributed by atoms with Crippen LogP contribution in [0.1, 0.15) is 27.2 Å². The van der Waals surface area contributed by atoms with E-state index in [-0.39, 0.29) is 29.0 Å². The summed E-state index contributed by atoms with van der Waals surface area (Å²) in [5, 5.41) is 2.61. The van der Waals surface area contributed by atoms with Gasteiger partial charge in [0.1, 0.15) is 4.90 Å². The largest absolute Gasteiger partial charge is 0.324 e. The number of carbonyl (C=O) groups excluding carboxylic acids is 1. The Hall–Kier alpha value is -1.44. The molecule has 0 heterocycles. The quantitative estimate of drug-likeness (QED) is 0.706. The third-order valence-electron chi connectivity index (χ3n) is 3.33. The fourth-order valence-corrected chi connectivity index (χ4v) is 3.00. The van der Waals surface area contributed by atoms with Gasteiger partial charge in [0.15, 0.2) is 0 Å². The van der Waals surface area contributed by atoms with Crippen molar-refractivity contribution in [2.75, 3.05) is 11.9 Å². The second-order valence-corrected chi connectivity index (χ2v) is 6.63. The highest BCUT2D eigenvalue weighted by Gasteiger charge is 2.23. The van der Waals surface area contributed by atoms with Gasteiger partial charge in [-0.05, 0) is 18.1 Å². The molecule has 0 aromatic heterocycles. The number of nitrogens with one attached hydrogen (secondary N) is 2. The summed E-state index contributed by atoms with van der Waals surface area (Å²) in [5.41, 5.74) is 6.10. The summed E-state index contributed by atoms with van der Waals surface area (Å²) in [6.45, 7) is 5.79. The zero-order valence-electron chi connectivity index (χ0n) is 12.6. The van der Waals surface area contributed by atoms with Gasteiger partial charge in [-0.1, -0.05) is 39.3 Å². The predicted molar refractivity (Wildman–Crippen MR) is 83.4 cm³/mol. The third-order valence-corrected chi connectivity index (χ3v) is 4.93. The first-order valence-corrected chi connectivity index (χ1v) is 8.46. The number of nitrogens with two attached hydrogens (primary N) is 1. The van der Waals surface area contributed by atoms with Crippen LogP contribution in [0.5, 0.6) is 0 Å². The SMILES string of the molecule is CCNS(=O)(=O)c1ccccc1NC(=O)[C@@H](N)C(C)CC. The first-order valence-electron chi connectivity index (χ1n) is 6.98. The molecule has 4 N–H and O–H groups in total. The van der Waals surface area contributed by atoms with Gasteiger partial charge in [0, 0.05) is 6.54 Å². The number of rotatable bonds is 7. The molecular formula is C14H23N3O3S. The molecule has 0 saturated heterocycles. The van der Waals surface area contributed by atoms with Crippen molar-refractivity contribution in [3.8, 4) is 0 Å². The summed E-state index contributed by atoms with van der Waals surface area (Å²) >= 11 is 0. The molecule has 118 valence electrons. The number of anilines is 1. The van der Waals surface area contributed by atoms with Crippen LogP contribution < -0.4 is 15.8 Å². The fraction of sp³-hybridized carbons (Fsp3) is 0.500. The number of hydrogen-bond acceptors (Lipinski definition) is 4. The molecule has 0 aliphatic rings. The van der Waals surface area contributed by atoms with E-state index in [1.165, 1.54) is 6.07 Å². The monoisotopic (exact) mass is 313 g/mol. The first kappa shape index (κ1) is 17.6.